The third kappa shape index (κ3) is 1.48. The molecule has 1 saturated heterocycles. The Hall–Kier alpha value is -0.860. The van der Waals surface area contributed by atoms with Crippen LogP contribution in [0.4, 0.5) is 0 Å². The molecule has 1 aliphatic carbocycles. The van der Waals surface area contributed by atoms with Crippen molar-refractivity contribution in [3.05, 3.63) is 35.4 Å². The number of hydrogen-bond acceptors (Lipinski definition) is 2. The van der Waals surface area contributed by atoms with Crippen LogP contribution in [-0.4, -0.2) is 36.2 Å². The average molecular weight is 203 g/mol. The van der Waals surface area contributed by atoms with E-state index in [0.717, 1.165) is 19.6 Å². The van der Waals surface area contributed by atoms with Gasteiger partial charge >= 0.3 is 0 Å². The summed E-state index contributed by atoms with van der Waals surface area (Å²) < 4.78 is 0. The van der Waals surface area contributed by atoms with Crippen molar-refractivity contribution in [2.75, 3.05) is 26.2 Å². The van der Waals surface area contributed by atoms with Crippen molar-refractivity contribution >= 4 is 0 Å². The second-order valence-corrected chi connectivity index (χ2v) is 4.74. The van der Waals surface area contributed by atoms with Gasteiger partial charge in [0.05, 0.1) is 6.61 Å². The second kappa shape index (κ2) is 3.62. The zero-order chi connectivity index (χ0) is 10.3. The van der Waals surface area contributed by atoms with Crippen LogP contribution in [0.15, 0.2) is 24.3 Å². The van der Waals surface area contributed by atoms with Crippen molar-refractivity contribution in [2.45, 2.75) is 18.3 Å². The molecule has 1 aliphatic heterocycles. The highest BCUT2D eigenvalue weighted by Crippen LogP contribution is 2.45. The minimum absolute atomic E-state index is 0.287. The number of β-amino-alcohol motifs (C(OH)–C–C–N with tert-alkyl or cyclic N) is 1. The monoisotopic (exact) mass is 203 g/mol. The first kappa shape index (κ1) is 9.37. The molecule has 1 aromatic rings. The van der Waals surface area contributed by atoms with Gasteiger partial charge in [-0.2, -0.15) is 0 Å². The van der Waals surface area contributed by atoms with Gasteiger partial charge in [0.2, 0.25) is 0 Å². The van der Waals surface area contributed by atoms with Gasteiger partial charge in [-0.15, -0.1) is 0 Å². The minimum Gasteiger partial charge on any atom is -0.395 e. The zero-order valence-corrected chi connectivity index (χ0v) is 8.89. The van der Waals surface area contributed by atoms with E-state index in [-0.39, 0.29) is 6.61 Å². The van der Waals surface area contributed by atoms with Crippen LogP contribution in [0.5, 0.6) is 0 Å². The molecule has 1 heterocycles. The number of benzene rings is 1. The maximum atomic E-state index is 8.99. The molecule has 1 fully saturated rings. The number of likely N-dealkylation sites (tertiary alicyclic amines) is 1. The van der Waals surface area contributed by atoms with Crippen molar-refractivity contribution in [1.29, 1.82) is 0 Å². The predicted molar refractivity (Wildman–Crippen MR) is 60.1 cm³/mol. The Morgan fingerprint density at radius 2 is 1.73 bits per heavy atom. The summed E-state index contributed by atoms with van der Waals surface area (Å²) in [4.78, 5) is 2.40. The van der Waals surface area contributed by atoms with Gasteiger partial charge < -0.3 is 5.11 Å². The second-order valence-electron chi connectivity index (χ2n) is 4.74. The Morgan fingerprint density at radius 3 is 2.27 bits per heavy atom. The van der Waals surface area contributed by atoms with Crippen LogP contribution in [0, 0.1) is 0 Å². The first-order valence-corrected chi connectivity index (χ1v) is 5.80. The van der Waals surface area contributed by atoms with Gasteiger partial charge in [0.25, 0.3) is 0 Å². The lowest BCUT2D eigenvalue weighted by atomic mass is 9.96. The summed E-state index contributed by atoms with van der Waals surface area (Å²) in [5, 5.41) is 8.99. The number of nitrogens with zero attached hydrogens (tertiary/aromatic N) is 1. The molecule has 2 atom stereocenters. The summed E-state index contributed by atoms with van der Waals surface area (Å²) in [6.45, 7) is 3.39. The Morgan fingerprint density at radius 1 is 1.13 bits per heavy atom. The number of aliphatic hydroxyl groups is 1. The number of fused-ring (bicyclic) bond motifs is 5. The fraction of sp³-hybridized carbons (Fsp3) is 0.538. The quantitative estimate of drug-likeness (QED) is 0.788. The van der Waals surface area contributed by atoms with E-state index in [2.05, 4.69) is 29.2 Å². The summed E-state index contributed by atoms with van der Waals surface area (Å²) in [6.07, 6.45) is 1.32. The van der Waals surface area contributed by atoms with E-state index in [1.807, 2.05) is 0 Å². The topological polar surface area (TPSA) is 23.5 Å². The number of piperidine rings is 1. The van der Waals surface area contributed by atoms with Crippen molar-refractivity contribution in [3.63, 3.8) is 0 Å². The smallest absolute Gasteiger partial charge is 0.0558 e. The summed E-state index contributed by atoms with van der Waals surface area (Å²) in [5.74, 6) is 1.43. The average Bonchev–Trinajstić information content (AvgIpc) is 2.53. The minimum atomic E-state index is 0.287. The SMILES string of the molecule is OCCN1CC2CC(C1)c1ccccc12. The van der Waals surface area contributed by atoms with Crippen LogP contribution in [0.2, 0.25) is 0 Å². The van der Waals surface area contributed by atoms with E-state index in [9.17, 15) is 0 Å². The van der Waals surface area contributed by atoms with Crippen molar-refractivity contribution < 1.29 is 5.11 Å². The molecule has 0 spiro atoms. The molecule has 1 aromatic carbocycles. The molecule has 2 aliphatic rings. The van der Waals surface area contributed by atoms with Gasteiger partial charge in [-0.1, -0.05) is 24.3 Å². The van der Waals surface area contributed by atoms with Gasteiger partial charge in [-0.05, 0) is 29.4 Å². The normalized spacial score (nSPS) is 29.1. The lowest BCUT2D eigenvalue weighted by molar-refractivity contribution is 0.158. The van der Waals surface area contributed by atoms with Crippen LogP contribution in [0.3, 0.4) is 0 Å². The van der Waals surface area contributed by atoms with Crippen LogP contribution in [0.25, 0.3) is 0 Å². The predicted octanol–water partition coefficient (Wildman–Crippen LogP) is 1.57. The zero-order valence-electron chi connectivity index (χ0n) is 8.89. The van der Waals surface area contributed by atoms with Gasteiger partial charge in [0.15, 0.2) is 0 Å². The molecule has 15 heavy (non-hydrogen) atoms. The third-order valence-electron chi connectivity index (χ3n) is 3.82. The Kier molecular flexibility index (Phi) is 2.26. The van der Waals surface area contributed by atoms with E-state index in [1.165, 1.54) is 6.42 Å². The lowest BCUT2D eigenvalue weighted by Gasteiger charge is -2.31. The van der Waals surface area contributed by atoms with E-state index in [4.69, 9.17) is 5.11 Å². The number of aliphatic hydroxyl groups excluding tert-OH is 1. The highest BCUT2D eigenvalue weighted by molar-refractivity contribution is 5.40. The van der Waals surface area contributed by atoms with Crippen LogP contribution in [0.1, 0.15) is 29.4 Å². The summed E-state index contributed by atoms with van der Waals surface area (Å²) in [6, 6.07) is 8.86. The van der Waals surface area contributed by atoms with Crippen LogP contribution < -0.4 is 0 Å². The van der Waals surface area contributed by atoms with Gasteiger partial charge in [-0.3, -0.25) is 4.90 Å². The third-order valence-corrected chi connectivity index (χ3v) is 3.82. The van der Waals surface area contributed by atoms with Crippen LogP contribution in [-0.2, 0) is 0 Å². The standard InChI is InChI=1S/C13H17NO/c15-6-5-14-8-10-7-11(9-14)13-4-2-1-3-12(10)13/h1-4,10-11,15H,5-9H2. The molecule has 2 heteroatoms. The largest absolute Gasteiger partial charge is 0.395 e. The van der Waals surface area contributed by atoms with E-state index in [0.29, 0.717) is 11.8 Å². The number of hydrogen-bond donors (Lipinski definition) is 1. The highest BCUT2D eigenvalue weighted by atomic mass is 16.3. The molecule has 0 radical (unpaired) electrons. The maximum absolute atomic E-state index is 8.99. The van der Waals surface area contributed by atoms with Gasteiger partial charge in [0.1, 0.15) is 0 Å². The van der Waals surface area contributed by atoms with E-state index in [1.54, 1.807) is 11.1 Å². The molecule has 2 unspecified atom stereocenters. The van der Waals surface area contributed by atoms with Gasteiger partial charge in [-0.25, -0.2) is 0 Å². The summed E-state index contributed by atoms with van der Waals surface area (Å²) >= 11 is 0. The molecular weight excluding hydrogens is 186 g/mol. The lowest BCUT2D eigenvalue weighted by Crippen LogP contribution is -2.36. The van der Waals surface area contributed by atoms with E-state index < -0.39 is 0 Å². The molecule has 2 bridgehead atoms. The Balaban J connectivity index is 1.88. The van der Waals surface area contributed by atoms with Crippen molar-refractivity contribution in [1.82, 2.24) is 4.90 Å². The first-order chi connectivity index (χ1) is 7.38. The molecule has 1 N–H and O–H groups in total. The molecular formula is C13H17NO. The van der Waals surface area contributed by atoms with E-state index >= 15 is 0 Å². The van der Waals surface area contributed by atoms with Crippen LogP contribution >= 0.6 is 0 Å². The summed E-state index contributed by atoms with van der Waals surface area (Å²) in [7, 11) is 0. The fourth-order valence-electron chi connectivity index (χ4n) is 3.22. The Labute approximate surface area is 90.5 Å². The molecule has 80 valence electrons. The summed E-state index contributed by atoms with van der Waals surface area (Å²) in [5.41, 5.74) is 3.12. The molecule has 2 nitrogen and oxygen atoms in total. The fourth-order valence-corrected chi connectivity index (χ4v) is 3.22. The van der Waals surface area contributed by atoms with Gasteiger partial charge in [0, 0.05) is 19.6 Å². The molecule has 0 aromatic heterocycles. The molecule has 0 amide bonds. The molecule has 3 rings (SSSR count). The van der Waals surface area contributed by atoms with Crippen molar-refractivity contribution in [2.24, 2.45) is 0 Å². The Bertz CT molecular complexity index is 332. The first-order valence-electron chi connectivity index (χ1n) is 5.80. The molecule has 0 saturated carbocycles. The maximum Gasteiger partial charge on any atom is 0.0558 e. The number of rotatable bonds is 2. The highest BCUT2D eigenvalue weighted by Gasteiger charge is 2.36. The van der Waals surface area contributed by atoms with Crippen molar-refractivity contribution in [3.8, 4) is 0 Å².